The van der Waals surface area contributed by atoms with Gasteiger partial charge in [0.1, 0.15) is 0 Å². The minimum absolute atomic E-state index is 0.0322. The van der Waals surface area contributed by atoms with Crippen LogP contribution in [0.4, 0.5) is 0 Å². The molecule has 3 rings (SSSR count). The number of benzene rings is 1. The number of ether oxygens (including phenoxy) is 1. The predicted molar refractivity (Wildman–Crippen MR) is 80.7 cm³/mol. The summed E-state index contributed by atoms with van der Waals surface area (Å²) in [4.78, 5) is 2.67. The molecule has 0 aliphatic carbocycles. The fourth-order valence-corrected chi connectivity index (χ4v) is 4.37. The number of sulfonamides is 1. The molecule has 2 fully saturated rings. The molecule has 6 heteroatoms. The van der Waals surface area contributed by atoms with Crippen LogP contribution in [0.5, 0.6) is 0 Å². The van der Waals surface area contributed by atoms with Crippen LogP contribution in [0.3, 0.4) is 0 Å². The summed E-state index contributed by atoms with van der Waals surface area (Å²) in [6, 6.07) is 7.27. The molecule has 3 atom stereocenters. The summed E-state index contributed by atoms with van der Waals surface area (Å²) in [5.41, 5.74) is 1.05. The lowest BCUT2D eigenvalue weighted by molar-refractivity contribution is -0.0390. The summed E-state index contributed by atoms with van der Waals surface area (Å²) in [6.07, 6.45) is 1.05. The second-order valence-corrected chi connectivity index (χ2v) is 7.83. The number of morpholine rings is 1. The molecule has 0 bridgehead atoms. The van der Waals surface area contributed by atoms with Crippen LogP contribution < -0.4 is 4.72 Å². The van der Waals surface area contributed by atoms with Gasteiger partial charge in [-0.1, -0.05) is 17.7 Å². The largest absolute Gasteiger partial charge is 0.376 e. The summed E-state index contributed by atoms with van der Waals surface area (Å²) >= 11 is 0. The van der Waals surface area contributed by atoms with Crippen LogP contribution in [-0.4, -0.2) is 51.2 Å². The van der Waals surface area contributed by atoms with Crippen LogP contribution >= 0.6 is 0 Å². The van der Waals surface area contributed by atoms with E-state index < -0.39 is 10.0 Å². The van der Waals surface area contributed by atoms with Gasteiger partial charge in [0, 0.05) is 25.2 Å². The molecule has 2 saturated heterocycles. The van der Waals surface area contributed by atoms with E-state index in [1.807, 2.05) is 19.1 Å². The second-order valence-electron chi connectivity index (χ2n) is 6.12. The van der Waals surface area contributed by atoms with Crippen molar-refractivity contribution in [3.63, 3.8) is 0 Å². The van der Waals surface area contributed by atoms with Gasteiger partial charge >= 0.3 is 0 Å². The third-order valence-corrected chi connectivity index (χ3v) is 5.78. The van der Waals surface area contributed by atoms with Crippen LogP contribution in [0.15, 0.2) is 29.2 Å². The molecule has 0 radical (unpaired) electrons. The highest BCUT2D eigenvalue weighted by Crippen LogP contribution is 2.24. The molecule has 21 heavy (non-hydrogen) atoms. The minimum Gasteiger partial charge on any atom is -0.376 e. The first-order valence-electron chi connectivity index (χ1n) is 7.39. The fourth-order valence-electron chi connectivity index (χ4n) is 3.13. The first kappa shape index (κ1) is 15.0. The molecule has 1 aromatic rings. The van der Waals surface area contributed by atoms with Crippen molar-refractivity contribution in [2.45, 2.75) is 43.4 Å². The molecular weight excluding hydrogens is 288 g/mol. The average molecular weight is 310 g/mol. The third-order valence-electron chi connectivity index (χ3n) is 4.25. The Morgan fingerprint density at radius 3 is 2.67 bits per heavy atom. The van der Waals surface area contributed by atoms with Gasteiger partial charge in [-0.15, -0.1) is 0 Å². The minimum atomic E-state index is -3.43. The van der Waals surface area contributed by atoms with E-state index in [0.717, 1.165) is 25.1 Å². The number of rotatable bonds is 3. The van der Waals surface area contributed by atoms with Gasteiger partial charge in [0.05, 0.1) is 17.6 Å². The molecule has 1 N–H and O–H groups in total. The number of nitrogens with one attached hydrogen (secondary N) is 1. The quantitative estimate of drug-likeness (QED) is 0.909. The van der Waals surface area contributed by atoms with Crippen LogP contribution in [0, 0.1) is 6.92 Å². The summed E-state index contributed by atoms with van der Waals surface area (Å²) in [5.74, 6) is 0. The van der Waals surface area contributed by atoms with Crippen molar-refractivity contribution < 1.29 is 13.2 Å². The van der Waals surface area contributed by atoms with E-state index >= 15 is 0 Å². The van der Waals surface area contributed by atoms with Gasteiger partial charge in [0.2, 0.25) is 10.0 Å². The Kier molecular flexibility index (Phi) is 4.05. The topological polar surface area (TPSA) is 58.6 Å². The van der Waals surface area contributed by atoms with E-state index in [9.17, 15) is 8.42 Å². The molecule has 0 amide bonds. The number of hydrogen-bond acceptors (Lipinski definition) is 4. The van der Waals surface area contributed by atoms with Crippen molar-refractivity contribution in [1.29, 1.82) is 0 Å². The normalized spacial score (nSPS) is 30.3. The lowest BCUT2D eigenvalue weighted by Gasteiger charge is -2.33. The maximum atomic E-state index is 12.4. The Balaban J connectivity index is 1.68. The van der Waals surface area contributed by atoms with Crippen LogP contribution in [0.25, 0.3) is 0 Å². The van der Waals surface area contributed by atoms with Crippen LogP contribution in [-0.2, 0) is 14.8 Å². The van der Waals surface area contributed by atoms with Gasteiger partial charge in [-0.05, 0) is 32.4 Å². The first-order valence-corrected chi connectivity index (χ1v) is 8.87. The molecular formula is C15H22N2O3S. The van der Waals surface area contributed by atoms with Gasteiger partial charge in [-0.3, -0.25) is 4.90 Å². The summed E-state index contributed by atoms with van der Waals surface area (Å²) in [5, 5.41) is 0. The van der Waals surface area contributed by atoms with Gasteiger partial charge < -0.3 is 4.74 Å². The molecule has 1 aromatic carbocycles. The summed E-state index contributed by atoms with van der Waals surface area (Å²) < 4.78 is 33.3. The third kappa shape index (κ3) is 3.29. The molecule has 0 spiro atoms. The van der Waals surface area contributed by atoms with Gasteiger partial charge in [-0.25, -0.2) is 13.1 Å². The average Bonchev–Trinajstić information content (AvgIpc) is 2.79. The molecule has 5 nitrogen and oxygen atoms in total. The van der Waals surface area contributed by atoms with Crippen molar-refractivity contribution in [3.05, 3.63) is 29.8 Å². The smallest absolute Gasteiger partial charge is 0.240 e. The van der Waals surface area contributed by atoms with E-state index in [1.54, 1.807) is 12.1 Å². The Labute approximate surface area is 126 Å². The number of nitrogens with zero attached hydrogens (tertiary/aromatic N) is 1. The summed E-state index contributed by atoms with van der Waals surface area (Å²) in [6.45, 7) is 6.35. The van der Waals surface area contributed by atoms with Crippen LogP contribution in [0.2, 0.25) is 0 Å². The predicted octanol–water partition coefficient (Wildman–Crippen LogP) is 1.13. The standard InChI is InChI=1S/C15H22N2O3S/c1-11-3-5-15(6-4-11)21(18,19)16-13-7-14-10-20-12(2)8-17(14)9-13/h3-6,12-14,16H,7-10H2,1-2H3/t12-,13-,14-/m0/s1. The summed E-state index contributed by atoms with van der Waals surface area (Å²) in [7, 11) is -3.43. The SMILES string of the molecule is Cc1ccc(S(=O)(=O)N[C@H]2C[C@H]3CO[C@@H](C)CN3C2)cc1. The van der Waals surface area contributed by atoms with Crippen LogP contribution in [0.1, 0.15) is 18.9 Å². The van der Waals surface area contributed by atoms with Gasteiger partial charge in [0.25, 0.3) is 0 Å². The molecule has 0 saturated carbocycles. The zero-order valence-electron chi connectivity index (χ0n) is 12.5. The molecule has 2 heterocycles. The maximum Gasteiger partial charge on any atom is 0.240 e. The number of aryl methyl sites for hydroxylation is 1. The second kappa shape index (κ2) is 5.68. The van der Waals surface area contributed by atoms with Crippen molar-refractivity contribution in [2.75, 3.05) is 19.7 Å². The van der Waals surface area contributed by atoms with Gasteiger partial charge in [0.15, 0.2) is 0 Å². The highest BCUT2D eigenvalue weighted by atomic mass is 32.2. The maximum absolute atomic E-state index is 12.4. The first-order chi connectivity index (χ1) is 9.94. The lowest BCUT2D eigenvalue weighted by Crippen LogP contribution is -2.45. The zero-order valence-corrected chi connectivity index (χ0v) is 13.3. The zero-order chi connectivity index (χ0) is 15.0. The van der Waals surface area contributed by atoms with Crippen molar-refractivity contribution in [2.24, 2.45) is 0 Å². The lowest BCUT2D eigenvalue weighted by atomic mass is 10.2. The fraction of sp³-hybridized carbons (Fsp3) is 0.600. The Hall–Kier alpha value is -0.950. The van der Waals surface area contributed by atoms with Gasteiger partial charge in [-0.2, -0.15) is 0 Å². The molecule has 2 aliphatic rings. The Bertz CT molecular complexity index is 600. The highest BCUT2D eigenvalue weighted by Gasteiger charge is 2.37. The number of hydrogen-bond donors (Lipinski definition) is 1. The van der Waals surface area contributed by atoms with E-state index in [4.69, 9.17) is 4.74 Å². The monoisotopic (exact) mass is 310 g/mol. The van der Waals surface area contributed by atoms with E-state index in [2.05, 4.69) is 16.5 Å². The van der Waals surface area contributed by atoms with E-state index in [1.165, 1.54) is 0 Å². The van der Waals surface area contributed by atoms with E-state index in [0.29, 0.717) is 17.5 Å². The molecule has 0 unspecified atom stereocenters. The van der Waals surface area contributed by atoms with Crippen molar-refractivity contribution in [3.8, 4) is 0 Å². The van der Waals surface area contributed by atoms with Crippen molar-refractivity contribution >= 4 is 10.0 Å². The van der Waals surface area contributed by atoms with Crippen molar-refractivity contribution in [1.82, 2.24) is 9.62 Å². The molecule has 2 aliphatic heterocycles. The van der Waals surface area contributed by atoms with E-state index in [-0.39, 0.29) is 12.1 Å². The number of fused-ring (bicyclic) bond motifs is 1. The Morgan fingerprint density at radius 2 is 1.95 bits per heavy atom. The molecule has 0 aromatic heterocycles. The Morgan fingerprint density at radius 1 is 1.24 bits per heavy atom. The highest BCUT2D eigenvalue weighted by molar-refractivity contribution is 7.89. The molecule has 116 valence electrons.